The highest BCUT2D eigenvalue weighted by atomic mass is 16.2. The highest BCUT2D eigenvalue weighted by Crippen LogP contribution is 2.39. The average Bonchev–Trinajstić information content (AvgIpc) is 3.07. The summed E-state index contributed by atoms with van der Waals surface area (Å²) in [6.07, 6.45) is 20.3. The number of nitrogens with zero attached hydrogens (tertiary/aromatic N) is 3. The Labute approximate surface area is 192 Å². The van der Waals surface area contributed by atoms with E-state index in [4.69, 9.17) is 0 Å². The molecule has 0 spiro atoms. The molecule has 4 fully saturated rings. The second-order valence-electron chi connectivity index (χ2n) is 11.3. The lowest BCUT2D eigenvalue weighted by Crippen LogP contribution is -2.46. The molecule has 0 aromatic rings. The van der Waals surface area contributed by atoms with E-state index >= 15 is 0 Å². The quantitative estimate of drug-likeness (QED) is 0.603. The Morgan fingerprint density at radius 2 is 1.39 bits per heavy atom. The highest BCUT2D eigenvalue weighted by Gasteiger charge is 2.41. The number of hydrogen-bond acceptors (Lipinski definition) is 3. The summed E-state index contributed by atoms with van der Waals surface area (Å²) in [6.45, 7) is 8.76. The number of amides is 1. The van der Waals surface area contributed by atoms with E-state index < -0.39 is 0 Å². The van der Waals surface area contributed by atoms with Crippen molar-refractivity contribution in [3.05, 3.63) is 0 Å². The Bertz CT molecular complexity index is 547. The molecule has 4 heteroatoms. The molecule has 0 aromatic carbocycles. The van der Waals surface area contributed by atoms with E-state index in [0.717, 1.165) is 31.3 Å². The Kier molecular flexibility index (Phi) is 9.13. The summed E-state index contributed by atoms with van der Waals surface area (Å²) in [6, 6.07) is 1.27. The van der Waals surface area contributed by atoms with Gasteiger partial charge in [0, 0.05) is 31.7 Å². The van der Waals surface area contributed by atoms with E-state index in [1.54, 1.807) is 0 Å². The summed E-state index contributed by atoms with van der Waals surface area (Å²) in [5.74, 6) is 2.19. The van der Waals surface area contributed by atoms with Crippen molar-refractivity contribution in [2.24, 2.45) is 11.8 Å². The number of fused-ring (bicyclic) bond motifs is 1. The van der Waals surface area contributed by atoms with E-state index in [-0.39, 0.29) is 0 Å². The van der Waals surface area contributed by atoms with Crippen LogP contribution >= 0.6 is 0 Å². The van der Waals surface area contributed by atoms with E-state index in [0.29, 0.717) is 24.5 Å². The molecule has 0 N–H and O–H groups in total. The lowest BCUT2D eigenvalue weighted by atomic mass is 9.85. The summed E-state index contributed by atoms with van der Waals surface area (Å²) in [5.41, 5.74) is 0. The third kappa shape index (κ3) is 6.69. The van der Waals surface area contributed by atoms with E-state index in [2.05, 4.69) is 21.6 Å². The third-order valence-electron chi connectivity index (χ3n) is 8.97. The highest BCUT2D eigenvalue weighted by molar-refractivity contribution is 5.78. The van der Waals surface area contributed by atoms with Crippen LogP contribution in [0.15, 0.2) is 0 Å². The molecule has 0 bridgehead atoms. The van der Waals surface area contributed by atoms with Crippen molar-refractivity contribution in [3.63, 3.8) is 0 Å². The van der Waals surface area contributed by atoms with Gasteiger partial charge in [-0.2, -0.15) is 0 Å². The van der Waals surface area contributed by atoms with Gasteiger partial charge in [0.2, 0.25) is 5.91 Å². The Balaban J connectivity index is 1.29. The van der Waals surface area contributed by atoms with Crippen LogP contribution in [-0.4, -0.2) is 72.0 Å². The summed E-state index contributed by atoms with van der Waals surface area (Å²) >= 11 is 0. The number of likely N-dealkylation sites (tertiary alicyclic amines) is 1. The molecule has 3 unspecified atom stereocenters. The minimum Gasteiger partial charge on any atom is -0.342 e. The predicted molar refractivity (Wildman–Crippen MR) is 129 cm³/mol. The zero-order chi connectivity index (χ0) is 21.5. The molecule has 178 valence electrons. The lowest BCUT2D eigenvalue weighted by molar-refractivity contribution is -0.133. The number of carbonyl (C=O) groups is 1. The number of hydrogen-bond donors (Lipinski definition) is 0. The van der Waals surface area contributed by atoms with Gasteiger partial charge < -0.3 is 9.80 Å². The first-order valence-corrected chi connectivity index (χ1v) is 14.0. The van der Waals surface area contributed by atoms with Crippen LogP contribution in [0.25, 0.3) is 0 Å². The van der Waals surface area contributed by atoms with Crippen LogP contribution in [0.3, 0.4) is 0 Å². The van der Waals surface area contributed by atoms with Gasteiger partial charge in [-0.3, -0.25) is 9.69 Å². The van der Waals surface area contributed by atoms with Gasteiger partial charge in [0.15, 0.2) is 0 Å². The topological polar surface area (TPSA) is 26.8 Å². The normalized spacial score (nSPS) is 33.1. The standard InChI is InChI=1S/C27H49N3O/c1-23-20-25-14-7-8-15-26(25)30(23)22-27(31)29-18-10-3-2-9-16-28(17-11-19-29)21-24-12-5-4-6-13-24/h23-26H,2-22H2,1H3. The Morgan fingerprint density at radius 1 is 0.742 bits per heavy atom. The molecule has 2 aliphatic heterocycles. The molecule has 1 amide bonds. The van der Waals surface area contributed by atoms with Gasteiger partial charge in [0.1, 0.15) is 0 Å². The second kappa shape index (κ2) is 12.0. The van der Waals surface area contributed by atoms with Gasteiger partial charge in [0.25, 0.3) is 0 Å². The monoisotopic (exact) mass is 431 g/mol. The van der Waals surface area contributed by atoms with Gasteiger partial charge in [-0.1, -0.05) is 44.9 Å². The maximum Gasteiger partial charge on any atom is 0.236 e. The lowest BCUT2D eigenvalue weighted by Gasteiger charge is -2.34. The molecule has 2 aliphatic carbocycles. The van der Waals surface area contributed by atoms with E-state index in [9.17, 15) is 4.79 Å². The minimum absolute atomic E-state index is 0.413. The first-order valence-electron chi connectivity index (χ1n) is 14.0. The van der Waals surface area contributed by atoms with E-state index in [1.165, 1.54) is 110 Å². The fraction of sp³-hybridized carbons (Fsp3) is 0.963. The van der Waals surface area contributed by atoms with Crippen LogP contribution < -0.4 is 0 Å². The third-order valence-corrected chi connectivity index (χ3v) is 8.97. The molecule has 4 rings (SSSR count). The van der Waals surface area contributed by atoms with Crippen LogP contribution in [0.2, 0.25) is 0 Å². The molecular weight excluding hydrogens is 382 g/mol. The Morgan fingerprint density at radius 3 is 2.23 bits per heavy atom. The molecule has 31 heavy (non-hydrogen) atoms. The maximum atomic E-state index is 13.4. The van der Waals surface area contributed by atoms with E-state index in [1.807, 2.05) is 0 Å². The molecule has 0 aromatic heterocycles. The molecule has 2 heterocycles. The van der Waals surface area contributed by atoms with Gasteiger partial charge in [0.05, 0.1) is 6.54 Å². The number of carbonyl (C=O) groups excluding carboxylic acids is 1. The summed E-state index contributed by atoms with van der Waals surface area (Å²) < 4.78 is 0. The summed E-state index contributed by atoms with van der Waals surface area (Å²) in [7, 11) is 0. The van der Waals surface area contributed by atoms with Gasteiger partial charge >= 0.3 is 0 Å². The van der Waals surface area contributed by atoms with Crippen molar-refractivity contribution in [1.29, 1.82) is 0 Å². The average molecular weight is 432 g/mol. The van der Waals surface area contributed by atoms with Crippen molar-refractivity contribution < 1.29 is 4.79 Å². The van der Waals surface area contributed by atoms with Gasteiger partial charge in [-0.05, 0) is 83.2 Å². The minimum atomic E-state index is 0.413. The second-order valence-corrected chi connectivity index (χ2v) is 11.3. The van der Waals surface area contributed by atoms with Crippen molar-refractivity contribution in [3.8, 4) is 0 Å². The molecule has 2 saturated carbocycles. The zero-order valence-electron chi connectivity index (χ0n) is 20.4. The molecule has 0 radical (unpaired) electrons. The fourth-order valence-electron chi connectivity index (χ4n) is 7.20. The van der Waals surface area contributed by atoms with Crippen LogP contribution in [-0.2, 0) is 4.79 Å². The van der Waals surface area contributed by atoms with Crippen LogP contribution in [0.4, 0.5) is 0 Å². The number of rotatable bonds is 4. The first kappa shape index (κ1) is 23.5. The summed E-state index contributed by atoms with van der Waals surface area (Å²) in [5, 5.41) is 0. The van der Waals surface area contributed by atoms with Crippen molar-refractivity contribution in [1.82, 2.24) is 14.7 Å². The fourth-order valence-corrected chi connectivity index (χ4v) is 7.20. The molecule has 3 atom stereocenters. The van der Waals surface area contributed by atoms with Crippen molar-refractivity contribution >= 4 is 5.91 Å². The van der Waals surface area contributed by atoms with Crippen LogP contribution in [0, 0.1) is 11.8 Å². The van der Waals surface area contributed by atoms with Crippen LogP contribution in [0.5, 0.6) is 0 Å². The largest absolute Gasteiger partial charge is 0.342 e. The van der Waals surface area contributed by atoms with Crippen molar-refractivity contribution in [2.75, 3.05) is 39.3 Å². The van der Waals surface area contributed by atoms with Crippen molar-refractivity contribution in [2.45, 2.75) is 115 Å². The predicted octanol–water partition coefficient (Wildman–Crippen LogP) is 5.31. The molecule has 4 nitrogen and oxygen atoms in total. The SMILES string of the molecule is CC1CC2CCCCC2N1CC(=O)N1CCCCCCN(CC2CCCCC2)CCC1. The molecular formula is C27H49N3O. The smallest absolute Gasteiger partial charge is 0.236 e. The zero-order valence-corrected chi connectivity index (χ0v) is 20.4. The first-order chi connectivity index (χ1) is 15.2. The van der Waals surface area contributed by atoms with Gasteiger partial charge in [-0.15, -0.1) is 0 Å². The van der Waals surface area contributed by atoms with Gasteiger partial charge in [-0.25, -0.2) is 0 Å². The Hall–Kier alpha value is -0.610. The maximum absolute atomic E-state index is 13.4. The molecule has 2 saturated heterocycles. The molecule has 4 aliphatic rings. The summed E-state index contributed by atoms with van der Waals surface area (Å²) in [4.78, 5) is 21.0. The van der Waals surface area contributed by atoms with Crippen LogP contribution in [0.1, 0.15) is 103 Å².